The van der Waals surface area contributed by atoms with E-state index < -0.39 is 0 Å². The molecule has 3 heterocycles. The summed E-state index contributed by atoms with van der Waals surface area (Å²) in [4.78, 5) is 22.4. The number of carbonyl (C=O) groups excluding carboxylic acids is 1. The van der Waals surface area contributed by atoms with Crippen molar-refractivity contribution in [2.24, 2.45) is 0 Å². The van der Waals surface area contributed by atoms with E-state index in [1.165, 1.54) is 22.4 Å². The molecule has 0 saturated carbocycles. The maximum atomic E-state index is 13.1. The third-order valence-corrected chi connectivity index (χ3v) is 7.20. The molecule has 0 radical (unpaired) electrons. The minimum atomic E-state index is 0.226. The molecule has 6 nitrogen and oxygen atoms in total. The summed E-state index contributed by atoms with van der Waals surface area (Å²) in [5, 5.41) is 5.90. The van der Waals surface area contributed by atoms with E-state index in [9.17, 15) is 4.79 Å². The van der Waals surface area contributed by atoms with Gasteiger partial charge in [0.2, 0.25) is 5.91 Å². The number of pyridine rings is 1. The maximum Gasteiger partial charge on any atom is 0.223 e. The average molecular weight is 468 g/mol. The first kappa shape index (κ1) is 23.1. The zero-order valence-corrected chi connectivity index (χ0v) is 21.1. The molecular weight excluding hydrogens is 434 g/mol. The molecule has 1 fully saturated rings. The second kappa shape index (κ2) is 9.53. The second-order valence-electron chi connectivity index (χ2n) is 9.54. The Morgan fingerprint density at radius 1 is 0.829 bits per heavy atom. The molecule has 0 bridgehead atoms. The van der Waals surface area contributed by atoms with Gasteiger partial charge in [0.1, 0.15) is 0 Å². The summed E-state index contributed by atoms with van der Waals surface area (Å²) in [7, 11) is 0. The monoisotopic (exact) mass is 467 g/mol. The summed E-state index contributed by atoms with van der Waals surface area (Å²) < 4.78 is 1.94. The van der Waals surface area contributed by atoms with Crippen molar-refractivity contribution in [2.45, 2.75) is 40.5 Å². The van der Waals surface area contributed by atoms with Crippen LogP contribution < -0.4 is 4.90 Å². The molecule has 1 saturated heterocycles. The van der Waals surface area contributed by atoms with E-state index in [0.29, 0.717) is 12.8 Å². The van der Waals surface area contributed by atoms with Crippen molar-refractivity contribution in [3.05, 3.63) is 82.7 Å². The van der Waals surface area contributed by atoms with Crippen LogP contribution in [-0.4, -0.2) is 51.8 Å². The van der Waals surface area contributed by atoms with Crippen LogP contribution in [0.2, 0.25) is 0 Å². The lowest BCUT2D eigenvalue weighted by Gasteiger charge is -2.36. The number of hydrogen-bond donors (Lipinski definition) is 0. The van der Waals surface area contributed by atoms with Crippen LogP contribution in [0.5, 0.6) is 0 Å². The fraction of sp³-hybridized carbons (Fsp3) is 0.345. The van der Waals surface area contributed by atoms with Crippen molar-refractivity contribution in [1.29, 1.82) is 0 Å². The highest BCUT2D eigenvalue weighted by Crippen LogP contribution is 2.28. The lowest BCUT2D eigenvalue weighted by molar-refractivity contribution is -0.131. The predicted molar refractivity (Wildman–Crippen MR) is 141 cm³/mol. The lowest BCUT2D eigenvalue weighted by Crippen LogP contribution is -2.48. The molecule has 5 rings (SSSR count). The number of rotatable bonds is 5. The van der Waals surface area contributed by atoms with Gasteiger partial charge in [-0.15, -0.1) is 0 Å². The van der Waals surface area contributed by atoms with Gasteiger partial charge in [-0.2, -0.15) is 5.10 Å². The molecule has 35 heavy (non-hydrogen) atoms. The Bertz CT molecular complexity index is 1350. The van der Waals surface area contributed by atoms with E-state index in [0.717, 1.165) is 54.3 Å². The fourth-order valence-electron chi connectivity index (χ4n) is 5.18. The smallest absolute Gasteiger partial charge is 0.223 e. The van der Waals surface area contributed by atoms with E-state index >= 15 is 0 Å². The molecule has 6 heteroatoms. The van der Waals surface area contributed by atoms with E-state index in [1.807, 2.05) is 29.5 Å². The number of anilines is 1. The molecule has 1 amide bonds. The van der Waals surface area contributed by atoms with Crippen LogP contribution in [0, 0.1) is 27.7 Å². The van der Waals surface area contributed by atoms with Gasteiger partial charge >= 0.3 is 0 Å². The molecule has 2 aromatic heterocycles. The molecule has 1 aliphatic heterocycles. The van der Waals surface area contributed by atoms with E-state index in [2.05, 4.69) is 67.3 Å². The van der Waals surface area contributed by atoms with Crippen molar-refractivity contribution >= 4 is 22.6 Å². The Balaban J connectivity index is 1.30. The van der Waals surface area contributed by atoms with Crippen molar-refractivity contribution in [3.63, 3.8) is 0 Å². The second-order valence-corrected chi connectivity index (χ2v) is 9.54. The Kier molecular flexibility index (Phi) is 6.29. The Morgan fingerprint density at radius 3 is 2.20 bits per heavy atom. The summed E-state index contributed by atoms with van der Waals surface area (Å²) in [6.07, 6.45) is 1.21. The first-order valence-electron chi connectivity index (χ1n) is 12.4. The predicted octanol–water partition coefficient (Wildman–Crippen LogP) is 4.94. The first-order valence-corrected chi connectivity index (χ1v) is 12.4. The van der Waals surface area contributed by atoms with Crippen LogP contribution >= 0.6 is 0 Å². The molecule has 180 valence electrons. The molecule has 2 aromatic carbocycles. The topological polar surface area (TPSA) is 54.3 Å². The van der Waals surface area contributed by atoms with Crippen LogP contribution in [0.1, 0.15) is 34.5 Å². The highest BCUT2D eigenvalue weighted by molar-refractivity contribution is 5.85. The van der Waals surface area contributed by atoms with Gasteiger partial charge in [-0.1, -0.05) is 35.9 Å². The number of piperazine rings is 1. The summed E-state index contributed by atoms with van der Waals surface area (Å²) in [5.74, 6) is 0.226. The normalized spacial score (nSPS) is 14.1. The van der Waals surface area contributed by atoms with Crippen LogP contribution in [-0.2, 0) is 11.2 Å². The minimum absolute atomic E-state index is 0.226. The standard InChI is InChI=1S/C29H33N5O/c1-20-10-12-25(13-11-20)34-29-28(23(4)31-34)21(2)26(22(3)30-29)14-15-27(35)33-18-16-32(17-19-33)24-8-6-5-7-9-24/h5-13H,14-19H2,1-4H3. The third-order valence-electron chi connectivity index (χ3n) is 7.20. The number of aromatic nitrogens is 3. The largest absolute Gasteiger partial charge is 0.368 e. The molecule has 1 aliphatic rings. The molecule has 0 aliphatic carbocycles. The summed E-state index contributed by atoms with van der Waals surface area (Å²) in [6, 6.07) is 18.8. The summed E-state index contributed by atoms with van der Waals surface area (Å²) >= 11 is 0. The number of para-hydroxylation sites is 1. The van der Waals surface area contributed by atoms with Crippen LogP contribution in [0.4, 0.5) is 5.69 Å². The quantitative estimate of drug-likeness (QED) is 0.417. The van der Waals surface area contributed by atoms with Crippen LogP contribution in [0.15, 0.2) is 54.6 Å². The Labute approximate surface area is 207 Å². The first-order chi connectivity index (χ1) is 16.9. The Hall–Kier alpha value is -3.67. The number of amides is 1. The number of benzene rings is 2. The summed E-state index contributed by atoms with van der Waals surface area (Å²) in [6.45, 7) is 11.6. The lowest BCUT2D eigenvalue weighted by atomic mass is 9.99. The van der Waals surface area contributed by atoms with E-state index in [4.69, 9.17) is 10.1 Å². The van der Waals surface area contributed by atoms with Crippen LogP contribution in [0.25, 0.3) is 16.7 Å². The van der Waals surface area contributed by atoms with Crippen LogP contribution in [0.3, 0.4) is 0 Å². The van der Waals surface area contributed by atoms with E-state index in [-0.39, 0.29) is 5.91 Å². The van der Waals surface area contributed by atoms with Gasteiger partial charge in [0.15, 0.2) is 5.65 Å². The molecular formula is C29H33N5O. The molecule has 0 unspecified atom stereocenters. The fourth-order valence-corrected chi connectivity index (χ4v) is 5.18. The van der Waals surface area contributed by atoms with Gasteiger partial charge in [-0.25, -0.2) is 9.67 Å². The summed E-state index contributed by atoms with van der Waals surface area (Å²) in [5.41, 5.74) is 8.64. The third kappa shape index (κ3) is 4.53. The number of nitrogens with zero attached hydrogens (tertiary/aromatic N) is 5. The number of carbonyl (C=O) groups is 1. The average Bonchev–Trinajstić information content (AvgIpc) is 3.20. The van der Waals surface area contributed by atoms with Gasteiger partial charge in [0.25, 0.3) is 0 Å². The van der Waals surface area contributed by atoms with Gasteiger partial charge in [0.05, 0.1) is 11.4 Å². The molecule has 4 aromatic rings. The number of fused-ring (bicyclic) bond motifs is 1. The zero-order valence-electron chi connectivity index (χ0n) is 21.1. The Morgan fingerprint density at radius 2 is 1.51 bits per heavy atom. The van der Waals surface area contributed by atoms with Gasteiger partial charge < -0.3 is 9.80 Å². The van der Waals surface area contributed by atoms with Crippen molar-refractivity contribution in [1.82, 2.24) is 19.7 Å². The maximum absolute atomic E-state index is 13.1. The van der Waals surface area contributed by atoms with Crippen molar-refractivity contribution < 1.29 is 4.79 Å². The minimum Gasteiger partial charge on any atom is -0.368 e. The SMILES string of the molecule is Cc1ccc(-n2nc(C)c3c(C)c(CCC(=O)N4CCN(c5ccccc5)CC4)c(C)nc32)cc1. The van der Waals surface area contributed by atoms with Gasteiger partial charge in [0, 0.05) is 49.4 Å². The van der Waals surface area contributed by atoms with Crippen molar-refractivity contribution in [3.8, 4) is 5.69 Å². The number of hydrogen-bond acceptors (Lipinski definition) is 4. The molecule has 0 atom stereocenters. The van der Waals surface area contributed by atoms with Gasteiger partial charge in [-0.3, -0.25) is 4.79 Å². The van der Waals surface area contributed by atoms with Gasteiger partial charge in [-0.05, 0) is 69.5 Å². The van der Waals surface area contributed by atoms with E-state index in [1.54, 1.807) is 0 Å². The molecule has 0 N–H and O–H groups in total. The highest BCUT2D eigenvalue weighted by atomic mass is 16.2. The molecule has 0 spiro atoms. The van der Waals surface area contributed by atoms with Crippen molar-refractivity contribution in [2.75, 3.05) is 31.1 Å². The highest BCUT2D eigenvalue weighted by Gasteiger charge is 2.23. The zero-order chi connectivity index (χ0) is 24.5. The number of aryl methyl sites for hydroxylation is 4.